The minimum Gasteiger partial charge on any atom is -0.488 e. The van der Waals surface area contributed by atoms with Gasteiger partial charge in [0, 0.05) is 28.9 Å². The maximum atomic E-state index is 12.4. The Balaban J connectivity index is 1.47. The summed E-state index contributed by atoms with van der Waals surface area (Å²) in [4.78, 5) is 17.2. The number of fused-ring (bicyclic) bond motifs is 3. The van der Waals surface area contributed by atoms with Gasteiger partial charge < -0.3 is 18.7 Å². The highest BCUT2D eigenvalue weighted by molar-refractivity contribution is 6.07. The number of hydrogen-bond acceptors (Lipinski definition) is 4. The first kappa shape index (κ1) is 21.0. The molecule has 4 heterocycles. The predicted octanol–water partition coefficient (Wildman–Crippen LogP) is 6.79. The number of para-hydroxylation sites is 1. The molecule has 6 rings (SSSR count). The molecule has 0 radical (unpaired) electrons. The number of carboxylic acid groups (broad SMARTS) is 1. The van der Waals surface area contributed by atoms with E-state index in [9.17, 15) is 9.90 Å². The van der Waals surface area contributed by atoms with Gasteiger partial charge >= 0.3 is 5.97 Å². The number of furan rings is 1. The van der Waals surface area contributed by atoms with E-state index in [1.54, 1.807) is 6.07 Å². The lowest BCUT2D eigenvalue weighted by Gasteiger charge is -2.14. The number of ether oxygens (including phenoxy) is 1. The normalized spacial score (nSPS) is 11.5. The summed E-state index contributed by atoms with van der Waals surface area (Å²) in [5, 5.41) is 11.6. The zero-order valence-electron chi connectivity index (χ0n) is 19.3. The third-order valence-corrected chi connectivity index (χ3v) is 6.42. The van der Waals surface area contributed by atoms with E-state index in [0.29, 0.717) is 34.7 Å². The molecule has 6 aromatic rings. The molecule has 0 aliphatic carbocycles. The first-order valence-corrected chi connectivity index (χ1v) is 11.3. The first-order chi connectivity index (χ1) is 17.0. The van der Waals surface area contributed by atoms with Gasteiger partial charge in [-0.2, -0.15) is 0 Å². The molecule has 0 fully saturated rings. The van der Waals surface area contributed by atoms with E-state index >= 15 is 0 Å². The van der Waals surface area contributed by atoms with Crippen molar-refractivity contribution in [2.75, 3.05) is 0 Å². The highest BCUT2D eigenvalue weighted by Crippen LogP contribution is 2.37. The zero-order chi connectivity index (χ0) is 24.1. The summed E-state index contributed by atoms with van der Waals surface area (Å²) in [6.07, 6.45) is 3.97. The fraction of sp³-hybridized carbons (Fsp3) is 0.103. The largest absolute Gasteiger partial charge is 0.488 e. The van der Waals surface area contributed by atoms with Crippen LogP contribution in [0.5, 0.6) is 5.75 Å². The Morgan fingerprint density at radius 3 is 2.71 bits per heavy atom. The van der Waals surface area contributed by atoms with Crippen molar-refractivity contribution in [3.05, 3.63) is 101 Å². The molecule has 35 heavy (non-hydrogen) atoms. The van der Waals surface area contributed by atoms with E-state index in [2.05, 4.69) is 6.07 Å². The maximum Gasteiger partial charge on any atom is 0.336 e. The van der Waals surface area contributed by atoms with E-state index in [1.807, 2.05) is 85.2 Å². The molecule has 6 heteroatoms. The number of pyridine rings is 2. The van der Waals surface area contributed by atoms with Crippen molar-refractivity contribution < 1.29 is 19.1 Å². The lowest BCUT2D eigenvalue weighted by molar-refractivity contribution is 0.0698. The molecular weight excluding hydrogens is 440 g/mol. The summed E-state index contributed by atoms with van der Waals surface area (Å²) in [6, 6.07) is 21.1. The molecule has 6 nitrogen and oxygen atoms in total. The highest BCUT2D eigenvalue weighted by atomic mass is 16.5. The molecule has 0 atom stereocenters. The number of hydrogen-bond donors (Lipinski definition) is 1. The molecule has 172 valence electrons. The van der Waals surface area contributed by atoms with Crippen molar-refractivity contribution in [2.45, 2.75) is 20.5 Å². The lowest BCUT2D eigenvalue weighted by Crippen LogP contribution is -2.04. The van der Waals surface area contributed by atoms with Gasteiger partial charge in [0.1, 0.15) is 23.6 Å². The van der Waals surface area contributed by atoms with Crippen LogP contribution in [0.2, 0.25) is 0 Å². The fourth-order valence-corrected chi connectivity index (χ4v) is 4.60. The van der Waals surface area contributed by atoms with Gasteiger partial charge in [0.25, 0.3) is 0 Å². The van der Waals surface area contributed by atoms with Crippen molar-refractivity contribution in [3.63, 3.8) is 0 Å². The molecule has 0 amide bonds. The molecule has 0 saturated heterocycles. The van der Waals surface area contributed by atoms with Crippen LogP contribution in [0.4, 0.5) is 0 Å². The van der Waals surface area contributed by atoms with E-state index in [0.717, 1.165) is 33.2 Å². The monoisotopic (exact) mass is 462 g/mol. The van der Waals surface area contributed by atoms with Crippen LogP contribution in [-0.2, 0) is 6.61 Å². The molecule has 0 aliphatic rings. The van der Waals surface area contributed by atoms with Gasteiger partial charge in [-0.05, 0) is 67.4 Å². The van der Waals surface area contributed by atoms with Gasteiger partial charge in [-0.15, -0.1) is 0 Å². The molecule has 0 bridgehead atoms. The molecule has 0 spiro atoms. The second-order valence-electron chi connectivity index (χ2n) is 8.68. The second-order valence-corrected chi connectivity index (χ2v) is 8.68. The summed E-state index contributed by atoms with van der Waals surface area (Å²) in [5.74, 6) is 0.0120. The predicted molar refractivity (Wildman–Crippen MR) is 135 cm³/mol. The maximum absolute atomic E-state index is 12.4. The van der Waals surface area contributed by atoms with Crippen molar-refractivity contribution in [1.29, 1.82) is 0 Å². The van der Waals surface area contributed by atoms with E-state index in [4.69, 9.17) is 14.1 Å². The average Bonchev–Trinajstić information content (AvgIpc) is 3.47. The molecular formula is C29H22N2O4. The Kier molecular flexibility index (Phi) is 4.81. The summed E-state index contributed by atoms with van der Waals surface area (Å²) in [6.45, 7) is 4.19. The summed E-state index contributed by atoms with van der Waals surface area (Å²) in [7, 11) is 0. The number of aromatic carboxylic acids is 1. The standard InChI is InChI=1S/C29H22N2O4/c1-17-9-10-25(34-16-19-11-13-31-12-5-6-20(31)14-19)26-22(29(32)33)15-23(30-27(17)26)28-18(2)21-7-3-4-8-24(21)35-28/h3-15H,16H2,1-2H3,(H,32,33). The second kappa shape index (κ2) is 8.02. The zero-order valence-corrected chi connectivity index (χ0v) is 19.3. The molecule has 2 aromatic carbocycles. The van der Waals surface area contributed by atoms with Crippen LogP contribution in [0.15, 0.2) is 83.5 Å². The number of aryl methyl sites for hydroxylation is 2. The molecule has 0 saturated carbocycles. The van der Waals surface area contributed by atoms with Gasteiger partial charge in [-0.3, -0.25) is 0 Å². The quantitative estimate of drug-likeness (QED) is 0.305. The van der Waals surface area contributed by atoms with E-state index in [1.165, 1.54) is 0 Å². The Morgan fingerprint density at radius 1 is 1.03 bits per heavy atom. The fourth-order valence-electron chi connectivity index (χ4n) is 4.60. The lowest BCUT2D eigenvalue weighted by atomic mass is 10.0. The summed E-state index contributed by atoms with van der Waals surface area (Å²) in [5.41, 5.74) is 5.79. The molecule has 0 aliphatic heterocycles. The number of carbonyl (C=O) groups is 1. The molecule has 1 N–H and O–H groups in total. The van der Waals surface area contributed by atoms with Gasteiger partial charge in [0.05, 0.1) is 16.5 Å². The van der Waals surface area contributed by atoms with Gasteiger partial charge in [0.15, 0.2) is 5.76 Å². The van der Waals surface area contributed by atoms with Crippen LogP contribution < -0.4 is 4.74 Å². The summed E-state index contributed by atoms with van der Waals surface area (Å²) < 4.78 is 14.3. The smallest absolute Gasteiger partial charge is 0.336 e. The molecule has 4 aromatic heterocycles. The van der Waals surface area contributed by atoms with Gasteiger partial charge in [-0.1, -0.05) is 24.3 Å². The van der Waals surface area contributed by atoms with E-state index < -0.39 is 5.97 Å². The van der Waals surface area contributed by atoms with Crippen LogP contribution in [-0.4, -0.2) is 20.5 Å². The van der Waals surface area contributed by atoms with Gasteiger partial charge in [0.2, 0.25) is 0 Å². The van der Waals surface area contributed by atoms with Crippen molar-refractivity contribution in [1.82, 2.24) is 9.38 Å². The van der Waals surface area contributed by atoms with Crippen LogP contribution >= 0.6 is 0 Å². The third kappa shape index (κ3) is 3.51. The average molecular weight is 463 g/mol. The third-order valence-electron chi connectivity index (χ3n) is 6.42. The Bertz CT molecular complexity index is 1760. The Hall–Kier alpha value is -4.58. The Labute approximate surface area is 201 Å². The summed E-state index contributed by atoms with van der Waals surface area (Å²) >= 11 is 0. The van der Waals surface area contributed by atoms with Crippen molar-refractivity contribution in [2.24, 2.45) is 0 Å². The van der Waals surface area contributed by atoms with Gasteiger partial charge in [-0.25, -0.2) is 9.78 Å². The highest BCUT2D eigenvalue weighted by Gasteiger charge is 2.21. The first-order valence-electron chi connectivity index (χ1n) is 11.3. The number of rotatable bonds is 5. The van der Waals surface area contributed by atoms with Crippen LogP contribution in [0, 0.1) is 13.8 Å². The molecule has 0 unspecified atom stereocenters. The topological polar surface area (TPSA) is 77.0 Å². The van der Waals surface area contributed by atoms with Crippen LogP contribution in [0.3, 0.4) is 0 Å². The SMILES string of the molecule is Cc1c(-c2cc(C(=O)O)c3c(OCc4ccn5cccc5c4)ccc(C)c3n2)oc2ccccc12. The minimum absolute atomic E-state index is 0.130. The number of aromatic nitrogens is 2. The number of nitrogens with zero attached hydrogens (tertiary/aromatic N) is 2. The Morgan fingerprint density at radius 2 is 1.89 bits per heavy atom. The van der Waals surface area contributed by atoms with Crippen molar-refractivity contribution in [3.8, 4) is 17.2 Å². The van der Waals surface area contributed by atoms with Crippen LogP contribution in [0.1, 0.15) is 27.0 Å². The van der Waals surface area contributed by atoms with Crippen LogP contribution in [0.25, 0.3) is 38.8 Å². The number of benzene rings is 2. The minimum atomic E-state index is -1.04. The van der Waals surface area contributed by atoms with Crippen molar-refractivity contribution >= 4 is 33.4 Å². The number of carboxylic acids is 1. The van der Waals surface area contributed by atoms with E-state index in [-0.39, 0.29) is 5.56 Å².